The molecular formula is C19H29N13O2S. The number of likely N-dealkylation sites (tertiary alicyclic amines) is 1. The molecule has 0 aromatic carbocycles. The van der Waals surface area contributed by atoms with E-state index in [9.17, 15) is 0 Å². The second-order valence-corrected chi connectivity index (χ2v) is 10.5. The molecule has 2 aromatic heterocycles. The van der Waals surface area contributed by atoms with E-state index in [0.29, 0.717) is 25.0 Å². The minimum atomic E-state index is -1.11. The first kappa shape index (κ1) is 21.9. The van der Waals surface area contributed by atoms with E-state index in [1.165, 1.54) is 0 Å². The number of H-pyrrole nitrogens is 2. The van der Waals surface area contributed by atoms with Gasteiger partial charge in [0, 0.05) is 45.0 Å². The molecule has 5 aliphatic rings. The lowest BCUT2D eigenvalue weighted by Gasteiger charge is -2.49. The molecule has 0 radical (unpaired) electrons. The van der Waals surface area contributed by atoms with Gasteiger partial charge in [0.05, 0.1) is 18.2 Å². The Balaban J connectivity index is 1.42. The van der Waals surface area contributed by atoms with Gasteiger partial charge in [-0.05, 0) is 18.1 Å². The van der Waals surface area contributed by atoms with Crippen LogP contribution in [0.3, 0.4) is 0 Å². The van der Waals surface area contributed by atoms with Crippen molar-refractivity contribution in [3.05, 3.63) is 17.7 Å². The number of tetrazole rings is 1. The maximum absolute atomic E-state index is 7.08. The molecular weight excluding hydrogens is 474 g/mol. The number of aromatic amines is 2. The molecule has 0 aliphatic carbocycles. The van der Waals surface area contributed by atoms with Crippen molar-refractivity contribution in [1.82, 2.24) is 61.8 Å². The van der Waals surface area contributed by atoms with E-state index in [0.717, 1.165) is 57.0 Å². The summed E-state index contributed by atoms with van der Waals surface area (Å²) >= 11 is 1.83. The van der Waals surface area contributed by atoms with Crippen molar-refractivity contribution in [3.63, 3.8) is 0 Å². The monoisotopic (exact) mass is 503 g/mol. The Morgan fingerprint density at radius 1 is 1.03 bits per heavy atom. The molecule has 2 aromatic rings. The molecule has 0 amide bonds. The fraction of sp³-hybridized carbons (Fsp3) is 0.789. The first-order chi connectivity index (χ1) is 17.3. The predicted molar refractivity (Wildman–Crippen MR) is 124 cm³/mol. The van der Waals surface area contributed by atoms with Crippen molar-refractivity contribution >= 4 is 17.8 Å². The van der Waals surface area contributed by atoms with Crippen LogP contribution in [0.2, 0.25) is 0 Å². The second kappa shape index (κ2) is 8.63. The van der Waals surface area contributed by atoms with Crippen LogP contribution in [-0.4, -0.2) is 121 Å². The Bertz CT molecular complexity index is 1020. The SMILES string of the molecule is c1n[nH]nc1C1NCCN1C1=NC(C2NCCO2)(C2NCCS2)C(c2nn[nH]n2)(N2CCCC2)O1. The summed E-state index contributed by atoms with van der Waals surface area (Å²) in [5.41, 5.74) is -1.24. The van der Waals surface area contributed by atoms with E-state index in [1.54, 1.807) is 6.20 Å². The third kappa shape index (κ3) is 3.17. The normalized spacial score (nSPS) is 37.9. The highest BCUT2D eigenvalue weighted by Gasteiger charge is 2.74. The van der Waals surface area contributed by atoms with Gasteiger partial charge in [0.15, 0.2) is 5.54 Å². The van der Waals surface area contributed by atoms with Crippen LogP contribution in [0, 0.1) is 0 Å². The zero-order valence-electron chi connectivity index (χ0n) is 19.2. The molecule has 4 saturated heterocycles. The Kier molecular flexibility index (Phi) is 5.40. The van der Waals surface area contributed by atoms with E-state index in [2.05, 4.69) is 61.8 Å². The number of amidine groups is 1. The van der Waals surface area contributed by atoms with Gasteiger partial charge in [-0.2, -0.15) is 20.6 Å². The molecule has 188 valence electrons. The average molecular weight is 504 g/mol. The van der Waals surface area contributed by atoms with Gasteiger partial charge in [0.25, 0.3) is 11.7 Å². The Morgan fingerprint density at radius 3 is 2.69 bits per heavy atom. The zero-order chi connectivity index (χ0) is 23.3. The van der Waals surface area contributed by atoms with Crippen LogP contribution >= 0.6 is 11.8 Å². The van der Waals surface area contributed by atoms with Gasteiger partial charge >= 0.3 is 0 Å². The summed E-state index contributed by atoms with van der Waals surface area (Å²) in [6.07, 6.45) is 3.23. The van der Waals surface area contributed by atoms with E-state index < -0.39 is 17.5 Å². The molecule has 4 fully saturated rings. The van der Waals surface area contributed by atoms with Crippen LogP contribution in [0.1, 0.15) is 30.5 Å². The molecule has 0 saturated carbocycles. The molecule has 5 unspecified atom stereocenters. The first-order valence-electron chi connectivity index (χ1n) is 12.2. The smallest absolute Gasteiger partial charge is 0.292 e. The fourth-order valence-corrected chi connectivity index (χ4v) is 7.31. The van der Waals surface area contributed by atoms with Crippen LogP contribution in [0.25, 0.3) is 0 Å². The van der Waals surface area contributed by atoms with Crippen LogP contribution in [0.5, 0.6) is 0 Å². The number of ether oxygens (including phenoxy) is 2. The van der Waals surface area contributed by atoms with E-state index in [-0.39, 0.29) is 11.5 Å². The lowest BCUT2D eigenvalue weighted by Crippen LogP contribution is -2.72. The zero-order valence-corrected chi connectivity index (χ0v) is 20.0. The quantitative estimate of drug-likeness (QED) is 0.301. The summed E-state index contributed by atoms with van der Waals surface area (Å²) in [6.45, 7) is 5.37. The van der Waals surface area contributed by atoms with Crippen molar-refractivity contribution in [2.24, 2.45) is 4.99 Å². The molecule has 0 spiro atoms. The minimum Gasteiger partial charge on any atom is -0.432 e. The van der Waals surface area contributed by atoms with Crippen molar-refractivity contribution < 1.29 is 9.47 Å². The molecule has 0 bridgehead atoms. The van der Waals surface area contributed by atoms with Gasteiger partial charge in [0.2, 0.25) is 5.82 Å². The summed E-state index contributed by atoms with van der Waals surface area (Å²) in [4.78, 5) is 9.90. The molecule has 5 N–H and O–H groups in total. The van der Waals surface area contributed by atoms with Gasteiger partial charge < -0.3 is 19.7 Å². The van der Waals surface area contributed by atoms with Gasteiger partial charge in [-0.15, -0.1) is 22.0 Å². The maximum Gasteiger partial charge on any atom is 0.292 e. The molecule has 7 heterocycles. The third-order valence-electron chi connectivity index (χ3n) is 7.46. The maximum atomic E-state index is 7.08. The summed E-state index contributed by atoms with van der Waals surface area (Å²) in [6, 6.07) is 0.520. The number of nitrogens with zero attached hydrogens (tertiary/aromatic N) is 8. The Hall–Kier alpha value is -2.37. The van der Waals surface area contributed by atoms with Crippen molar-refractivity contribution in [1.29, 1.82) is 0 Å². The molecule has 7 rings (SSSR count). The highest BCUT2D eigenvalue weighted by Crippen LogP contribution is 2.54. The van der Waals surface area contributed by atoms with E-state index >= 15 is 0 Å². The molecule has 5 atom stereocenters. The average Bonchev–Trinajstić information content (AvgIpc) is 3.71. The highest BCUT2D eigenvalue weighted by molar-refractivity contribution is 8.00. The number of aromatic nitrogens is 7. The molecule has 15 nitrogen and oxygen atoms in total. The van der Waals surface area contributed by atoms with Gasteiger partial charge in [-0.1, -0.05) is 0 Å². The summed E-state index contributed by atoms with van der Waals surface area (Å²) in [5.74, 6) is 1.44. The number of hydrogen-bond donors (Lipinski definition) is 5. The number of thioether (sulfide) groups is 1. The highest BCUT2D eigenvalue weighted by atomic mass is 32.2. The van der Waals surface area contributed by atoms with Crippen molar-refractivity contribution in [2.45, 2.75) is 41.9 Å². The van der Waals surface area contributed by atoms with Crippen molar-refractivity contribution in [2.75, 3.05) is 51.6 Å². The number of rotatable bonds is 5. The Labute approximate surface area is 205 Å². The summed E-state index contributed by atoms with van der Waals surface area (Å²) in [7, 11) is 0. The third-order valence-corrected chi connectivity index (χ3v) is 8.76. The van der Waals surface area contributed by atoms with E-state index in [1.807, 2.05) is 11.8 Å². The van der Waals surface area contributed by atoms with Crippen LogP contribution in [0.4, 0.5) is 0 Å². The topological polar surface area (TPSA) is 169 Å². The van der Waals surface area contributed by atoms with Gasteiger partial charge in [-0.3, -0.25) is 15.5 Å². The second-order valence-electron chi connectivity index (χ2n) is 9.25. The van der Waals surface area contributed by atoms with Gasteiger partial charge in [-0.25, -0.2) is 4.99 Å². The number of hydrogen-bond acceptors (Lipinski definition) is 14. The van der Waals surface area contributed by atoms with Crippen LogP contribution in [-0.2, 0) is 15.2 Å². The molecule has 35 heavy (non-hydrogen) atoms. The van der Waals surface area contributed by atoms with Crippen LogP contribution < -0.4 is 16.0 Å². The Morgan fingerprint density at radius 2 is 1.97 bits per heavy atom. The fourth-order valence-electron chi connectivity index (χ4n) is 6.02. The predicted octanol–water partition coefficient (Wildman–Crippen LogP) is -2.10. The van der Waals surface area contributed by atoms with E-state index in [4.69, 9.17) is 14.5 Å². The first-order valence-corrected chi connectivity index (χ1v) is 13.2. The molecule has 16 heteroatoms. The van der Waals surface area contributed by atoms with Crippen molar-refractivity contribution in [3.8, 4) is 0 Å². The van der Waals surface area contributed by atoms with Gasteiger partial charge in [0.1, 0.15) is 18.1 Å². The standard InChI is InChI=1S/C19H29N13O2S/c1-2-7-31(6-1)19(14-26-29-30-27-14)18(15-21-4-9-33-15,16-22-5-10-35-16)24-17(34-19)32-8-3-20-13(32)12-11-23-28-25-12/h11,13,15-16,20-22H,1-10H2,(H,23,25,28)(H,26,27,29,30). The lowest BCUT2D eigenvalue weighted by molar-refractivity contribution is -0.174. The summed E-state index contributed by atoms with van der Waals surface area (Å²) in [5, 5.41) is 37.4. The lowest BCUT2D eigenvalue weighted by atomic mass is 9.82. The largest absolute Gasteiger partial charge is 0.432 e. The summed E-state index contributed by atoms with van der Waals surface area (Å²) < 4.78 is 13.4. The van der Waals surface area contributed by atoms with Crippen LogP contribution in [0.15, 0.2) is 11.2 Å². The number of nitrogens with one attached hydrogen (secondary N) is 5. The number of aliphatic imine (C=N–C) groups is 1. The minimum absolute atomic E-state index is 0.0873. The molecule has 5 aliphatic heterocycles.